The molecule has 126 valence electrons. The Morgan fingerprint density at radius 1 is 1.61 bits per heavy atom. The molecule has 1 amide bonds. The lowest BCUT2D eigenvalue weighted by atomic mass is 9.73. The molecule has 0 N–H and O–H groups in total. The first-order valence-corrected chi connectivity index (χ1v) is 8.37. The number of aromatic nitrogens is 1. The van der Waals surface area contributed by atoms with Crippen molar-refractivity contribution in [1.82, 2.24) is 9.47 Å². The number of rotatable bonds is 5. The standard InChI is InChI=1S/C18H26N2O3/c1-3-11-22-14-18-8-5-12-23-16(18)7-10-20(13-18)17(21)15-6-4-9-19(15)2/h3-4,6,9,16H,1,5,7-8,10-14H2,2H3. The summed E-state index contributed by atoms with van der Waals surface area (Å²) >= 11 is 0. The summed E-state index contributed by atoms with van der Waals surface area (Å²) in [5.41, 5.74) is 0.655. The zero-order chi connectivity index (χ0) is 16.3. The van der Waals surface area contributed by atoms with E-state index in [0.717, 1.165) is 38.1 Å². The molecule has 1 aromatic heterocycles. The number of carbonyl (C=O) groups excluding carboxylic acids is 1. The molecule has 0 saturated carbocycles. The van der Waals surface area contributed by atoms with E-state index in [2.05, 4.69) is 6.58 Å². The van der Waals surface area contributed by atoms with Gasteiger partial charge in [0, 0.05) is 38.4 Å². The first-order valence-electron chi connectivity index (χ1n) is 8.37. The van der Waals surface area contributed by atoms with Gasteiger partial charge in [-0.05, 0) is 31.4 Å². The summed E-state index contributed by atoms with van der Waals surface area (Å²) in [6.07, 6.45) is 6.83. The Hall–Kier alpha value is -1.59. The Labute approximate surface area is 137 Å². The number of piperidine rings is 1. The van der Waals surface area contributed by atoms with Gasteiger partial charge in [-0.15, -0.1) is 6.58 Å². The van der Waals surface area contributed by atoms with Crippen LogP contribution >= 0.6 is 0 Å². The van der Waals surface area contributed by atoms with Gasteiger partial charge in [-0.1, -0.05) is 6.08 Å². The Morgan fingerprint density at radius 2 is 2.48 bits per heavy atom. The first kappa shape index (κ1) is 16.3. The summed E-state index contributed by atoms with van der Waals surface area (Å²) < 4.78 is 13.7. The average Bonchev–Trinajstić information content (AvgIpc) is 3.00. The lowest BCUT2D eigenvalue weighted by Crippen LogP contribution is -2.58. The molecule has 2 aliphatic heterocycles. The van der Waals surface area contributed by atoms with Crippen molar-refractivity contribution in [3.05, 3.63) is 36.7 Å². The van der Waals surface area contributed by atoms with Crippen LogP contribution in [-0.4, -0.2) is 54.4 Å². The molecule has 0 bridgehead atoms. The SMILES string of the molecule is C=CCOCC12CCCOC1CCN(C(=O)c1cccn1C)C2. The highest BCUT2D eigenvalue weighted by molar-refractivity contribution is 5.92. The molecule has 23 heavy (non-hydrogen) atoms. The Bertz CT molecular complexity index is 568. The highest BCUT2D eigenvalue weighted by Gasteiger charge is 2.47. The minimum absolute atomic E-state index is 0.0830. The third-order valence-electron chi connectivity index (χ3n) is 5.06. The number of likely N-dealkylation sites (tertiary alicyclic amines) is 1. The van der Waals surface area contributed by atoms with Gasteiger partial charge in [0.2, 0.25) is 0 Å². The van der Waals surface area contributed by atoms with Crippen LogP contribution < -0.4 is 0 Å². The molecule has 2 aliphatic rings. The predicted molar refractivity (Wildman–Crippen MR) is 88.4 cm³/mol. The quantitative estimate of drug-likeness (QED) is 0.618. The molecular formula is C18H26N2O3. The van der Waals surface area contributed by atoms with Crippen LogP contribution in [0.5, 0.6) is 0 Å². The third kappa shape index (κ3) is 3.21. The molecular weight excluding hydrogens is 292 g/mol. The van der Waals surface area contributed by atoms with Crippen molar-refractivity contribution in [3.8, 4) is 0 Å². The van der Waals surface area contributed by atoms with Crippen LogP contribution in [0.2, 0.25) is 0 Å². The van der Waals surface area contributed by atoms with Crippen LogP contribution in [0.3, 0.4) is 0 Å². The number of hydrogen-bond acceptors (Lipinski definition) is 3. The Balaban J connectivity index is 1.76. The van der Waals surface area contributed by atoms with Gasteiger partial charge in [0.05, 0.1) is 19.3 Å². The zero-order valence-corrected chi connectivity index (χ0v) is 13.9. The van der Waals surface area contributed by atoms with Crippen molar-refractivity contribution in [2.45, 2.75) is 25.4 Å². The van der Waals surface area contributed by atoms with Gasteiger partial charge in [0.1, 0.15) is 5.69 Å². The van der Waals surface area contributed by atoms with Crippen molar-refractivity contribution in [2.75, 3.05) is 32.9 Å². The van der Waals surface area contributed by atoms with Gasteiger partial charge >= 0.3 is 0 Å². The van der Waals surface area contributed by atoms with Crippen molar-refractivity contribution in [1.29, 1.82) is 0 Å². The predicted octanol–water partition coefficient (Wildman–Crippen LogP) is 2.24. The molecule has 5 nitrogen and oxygen atoms in total. The lowest BCUT2D eigenvalue weighted by Gasteiger charge is -2.50. The van der Waals surface area contributed by atoms with E-state index in [9.17, 15) is 4.79 Å². The fourth-order valence-electron chi connectivity index (χ4n) is 3.87. The number of ether oxygens (including phenoxy) is 2. The van der Waals surface area contributed by atoms with Crippen LogP contribution in [0, 0.1) is 5.41 Å². The summed E-state index contributed by atoms with van der Waals surface area (Å²) in [4.78, 5) is 14.8. The minimum atomic E-state index is -0.0830. The highest BCUT2D eigenvalue weighted by Crippen LogP contribution is 2.40. The Morgan fingerprint density at radius 3 is 3.22 bits per heavy atom. The number of amides is 1. The van der Waals surface area contributed by atoms with E-state index in [0.29, 0.717) is 19.8 Å². The molecule has 0 aromatic carbocycles. The van der Waals surface area contributed by atoms with Crippen LogP contribution in [-0.2, 0) is 16.5 Å². The number of aryl methyl sites for hydroxylation is 1. The van der Waals surface area contributed by atoms with Gasteiger partial charge in [0.15, 0.2) is 0 Å². The van der Waals surface area contributed by atoms with Crippen molar-refractivity contribution in [3.63, 3.8) is 0 Å². The second-order valence-corrected chi connectivity index (χ2v) is 6.65. The van der Waals surface area contributed by atoms with Gasteiger partial charge in [-0.25, -0.2) is 0 Å². The van der Waals surface area contributed by atoms with E-state index in [4.69, 9.17) is 9.47 Å². The molecule has 5 heteroatoms. The van der Waals surface area contributed by atoms with Crippen molar-refractivity contribution in [2.24, 2.45) is 12.5 Å². The maximum atomic E-state index is 12.8. The molecule has 2 fully saturated rings. The topological polar surface area (TPSA) is 43.7 Å². The second-order valence-electron chi connectivity index (χ2n) is 6.65. The first-order chi connectivity index (χ1) is 11.2. The molecule has 2 atom stereocenters. The van der Waals surface area contributed by atoms with Gasteiger partial charge < -0.3 is 18.9 Å². The summed E-state index contributed by atoms with van der Waals surface area (Å²) in [6.45, 7) is 7.15. The van der Waals surface area contributed by atoms with E-state index >= 15 is 0 Å². The fourth-order valence-corrected chi connectivity index (χ4v) is 3.87. The van der Waals surface area contributed by atoms with Crippen molar-refractivity contribution >= 4 is 5.91 Å². The van der Waals surface area contributed by atoms with E-state index in [-0.39, 0.29) is 17.4 Å². The Kier molecular flexibility index (Phi) is 4.87. The fraction of sp³-hybridized carbons (Fsp3) is 0.611. The van der Waals surface area contributed by atoms with E-state index in [1.165, 1.54) is 0 Å². The zero-order valence-electron chi connectivity index (χ0n) is 13.9. The molecule has 0 radical (unpaired) electrons. The number of fused-ring (bicyclic) bond motifs is 1. The van der Waals surface area contributed by atoms with Crippen LogP contribution in [0.1, 0.15) is 29.8 Å². The van der Waals surface area contributed by atoms with Gasteiger partial charge in [-0.3, -0.25) is 4.79 Å². The van der Waals surface area contributed by atoms with Gasteiger partial charge in [0.25, 0.3) is 5.91 Å². The smallest absolute Gasteiger partial charge is 0.270 e. The molecule has 3 heterocycles. The number of hydrogen-bond donors (Lipinski definition) is 0. The van der Waals surface area contributed by atoms with Gasteiger partial charge in [-0.2, -0.15) is 0 Å². The molecule has 3 rings (SSSR count). The summed E-state index contributed by atoms with van der Waals surface area (Å²) in [6, 6.07) is 3.79. The molecule has 1 aromatic rings. The normalized spacial score (nSPS) is 27.5. The second kappa shape index (κ2) is 6.89. The van der Waals surface area contributed by atoms with Crippen LogP contribution in [0.4, 0.5) is 0 Å². The van der Waals surface area contributed by atoms with Crippen LogP contribution in [0.25, 0.3) is 0 Å². The van der Waals surface area contributed by atoms with Crippen LogP contribution in [0.15, 0.2) is 31.0 Å². The average molecular weight is 318 g/mol. The summed E-state index contributed by atoms with van der Waals surface area (Å²) in [5.74, 6) is 0.101. The van der Waals surface area contributed by atoms with Crippen molar-refractivity contribution < 1.29 is 14.3 Å². The number of nitrogens with zero attached hydrogens (tertiary/aromatic N) is 2. The molecule has 2 unspecified atom stereocenters. The molecule has 0 aliphatic carbocycles. The summed E-state index contributed by atoms with van der Waals surface area (Å²) in [7, 11) is 1.91. The number of carbonyl (C=O) groups is 1. The van der Waals surface area contributed by atoms with E-state index in [1.807, 2.05) is 34.8 Å². The minimum Gasteiger partial charge on any atom is -0.377 e. The molecule has 2 saturated heterocycles. The highest BCUT2D eigenvalue weighted by atomic mass is 16.5. The lowest BCUT2D eigenvalue weighted by molar-refractivity contribution is -0.144. The molecule has 0 spiro atoms. The third-order valence-corrected chi connectivity index (χ3v) is 5.06. The van der Waals surface area contributed by atoms with E-state index in [1.54, 1.807) is 6.08 Å². The summed E-state index contributed by atoms with van der Waals surface area (Å²) in [5, 5.41) is 0. The maximum absolute atomic E-state index is 12.8. The largest absolute Gasteiger partial charge is 0.377 e. The van der Waals surface area contributed by atoms with E-state index < -0.39 is 0 Å². The maximum Gasteiger partial charge on any atom is 0.270 e. The monoisotopic (exact) mass is 318 g/mol.